The summed E-state index contributed by atoms with van der Waals surface area (Å²) in [6.45, 7) is 2.64. The standard InChI is InChI=1S/C19H21NO2/c1-15-7-3-4-11-19(15)16(14-20)8-6-12-22-18-10-5-9-17(13-18)21-2/h3-5,7,9-11,13,16H,6,8,12H2,1-2H3. The highest BCUT2D eigenvalue weighted by Gasteiger charge is 2.12. The molecule has 0 saturated carbocycles. The highest BCUT2D eigenvalue weighted by atomic mass is 16.5. The average Bonchev–Trinajstić information content (AvgIpc) is 2.56. The number of ether oxygens (including phenoxy) is 2. The van der Waals surface area contributed by atoms with E-state index in [-0.39, 0.29) is 5.92 Å². The smallest absolute Gasteiger partial charge is 0.122 e. The number of aryl methyl sites for hydroxylation is 1. The largest absolute Gasteiger partial charge is 0.497 e. The van der Waals surface area contributed by atoms with Crippen molar-refractivity contribution in [3.05, 3.63) is 59.7 Å². The topological polar surface area (TPSA) is 42.2 Å². The van der Waals surface area contributed by atoms with E-state index < -0.39 is 0 Å². The van der Waals surface area contributed by atoms with Gasteiger partial charge in [0.15, 0.2) is 0 Å². The van der Waals surface area contributed by atoms with Gasteiger partial charge in [0.25, 0.3) is 0 Å². The molecule has 1 unspecified atom stereocenters. The van der Waals surface area contributed by atoms with E-state index in [1.807, 2.05) is 55.5 Å². The molecule has 0 radical (unpaired) electrons. The van der Waals surface area contributed by atoms with Crippen molar-refractivity contribution in [2.45, 2.75) is 25.7 Å². The molecule has 22 heavy (non-hydrogen) atoms. The Balaban J connectivity index is 1.85. The first kappa shape index (κ1) is 15.9. The second kappa shape index (κ2) is 8.09. The molecule has 0 heterocycles. The van der Waals surface area contributed by atoms with Gasteiger partial charge < -0.3 is 9.47 Å². The summed E-state index contributed by atoms with van der Waals surface area (Å²) in [5.74, 6) is 1.51. The van der Waals surface area contributed by atoms with Crippen LogP contribution < -0.4 is 9.47 Å². The lowest BCUT2D eigenvalue weighted by Crippen LogP contribution is -2.03. The summed E-state index contributed by atoms with van der Waals surface area (Å²) >= 11 is 0. The Labute approximate surface area is 132 Å². The second-order valence-corrected chi connectivity index (χ2v) is 5.21. The summed E-state index contributed by atoms with van der Waals surface area (Å²) in [6, 6.07) is 18.0. The fourth-order valence-electron chi connectivity index (χ4n) is 2.44. The van der Waals surface area contributed by atoms with Crippen molar-refractivity contribution in [1.82, 2.24) is 0 Å². The first-order valence-corrected chi connectivity index (χ1v) is 7.46. The molecule has 0 aliphatic heterocycles. The maximum atomic E-state index is 9.38. The third-order valence-corrected chi connectivity index (χ3v) is 3.67. The molecule has 0 fully saturated rings. The first-order chi connectivity index (χ1) is 10.7. The van der Waals surface area contributed by atoms with Gasteiger partial charge in [0, 0.05) is 6.07 Å². The fourth-order valence-corrected chi connectivity index (χ4v) is 2.44. The molecule has 0 aromatic heterocycles. The molecule has 114 valence electrons. The van der Waals surface area contributed by atoms with Crippen LogP contribution >= 0.6 is 0 Å². The minimum atomic E-state index is -0.0740. The Bertz CT molecular complexity index is 646. The zero-order valence-electron chi connectivity index (χ0n) is 13.1. The lowest BCUT2D eigenvalue weighted by atomic mass is 9.92. The third kappa shape index (κ3) is 4.26. The summed E-state index contributed by atoms with van der Waals surface area (Å²) in [5.41, 5.74) is 2.29. The van der Waals surface area contributed by atoms with Gasteiger partial charge in [-0.05, 0) is 43.0 Å². The second-order valence-electron chi connectivity index (χ2n) is 5.21. The van der Waals surface area contributed by atoms with Gasteiger partial charge in [-0.2, -0.15) is 5.26 Å². The number of rotatable bonds is 7. The number of hydrogen-bond acceptors (Lipinski definition) is 3. The average molecular weight is 295 g/mol. The number of methoxy groups -OCH3 is 1. The number of hydrogen-bond donors (Lipinski definition) is 0. The summed E-state index contributed by atoms with van der Waals surface area (Å²) < 4.78 is 10.9. The molecule has 0 bridgehead atoms. The summed E-state index contributed by atoms with van der Waals surface area (Å²) in [5, 5.41) is 9.38. The molecule has 2 aromatic rings. The van der Waals surface area contributed by atoms with Crippen molar-refractivity contribution in [3.8, 4) is 17.6 Å². The molecule has 2 rings (SSSR count). The van der Waals surface area contributed by atoms with E-state index in [9.17, 15) is 5.26 Å². The van der Waals surface area contributed by atoms with E-state index in [1.165, 1.54) is 5.56 Å². The molecule has 0 aliphatic rings. The molecule has 2 aromatic carbocycles. The van der Waals surface area contributed by atoms with Crippen LogP contribution in [0.1, 0.15) is 29.9 Å². The van der Waals surface area contributed by atoms with Crippen LogP contribution in [0.4, 0.5) is 0 Å². The van der Waals surface area contributed by atoms with Crippen LogP contribution in [0, 0.1) is 18.3 Å². The van der Waals surface area contributed by atoms with Crippen molar-refractivity contribution in [1.29, 1.82) is 5.26 Å². The molecular weight excluding hydrogens is 274 g/mol. The lowest BCUT2D eigenvalue weighted by Gasteiger charge is -2.13. The zero-order valence-corrected chi connectivity index (χ0v) is 13.1. The van der Waals surface area contributed by atoms with Gasteiger partial charge >= 0.3 is 0 Å². The molecule has 3 nitrogen and oxygen atoms in total. The minimum Gasteiger partial charge on any atom is -0.497 e. The maximum absolute atomic E-state index is 9.38. The molecule has 0 spiro atoms. The van der Waals surface area contributed by atoms with Gasteiger partial charge in [-0.25, -0.2) is 0 Å². The minimum absolute atomic E-state index is 0.0740. The maximum Gasteiger partial charge on any atom is 0.122 e. The van der Waals surface area contributed by atoms with E-state index in [4.69, 9.17) is 9.47 Å². The van der Waals surface area contributed by atoms with E-state index in [0.717, 1.165) is 29.9 Å². The Hall–Kier alpha value is -2.47. The number of benzene rings is 2. The Morgan fingerprint density at radius 2 is 1.86 bits per heavy atom. The van der Waals surface area contributed by atoms with E-state index in [0.29, 0.717) is 6.61 Å². The van der Waals surface area contributed by atoms with Crippen molar-refractivity contribution >= 4 is 0 Å². The highest BCUT2D eigenvalue weighted by molar-refractivity contribution is 5.33. The van der Waals surface area contributed by atoms with Gasteiger partial charge in [0.2, 0.25) is 0 Å². The van der Waals surface area contributed by atoms with Crippen LogP contribution in [-0.2, 0) is 0 Å². The fraction of sp³-hybridized carbons (Fsp3) is 0.316. The third-order valence-electron chi connectivity index (χ3n) is 3.67. The molecule has 1 atom stereocenters. The van der Waals surface area contributed by atoms with Gasteiger partial charge in [-0.3, -0.25) is 0 Å². The van der Waals surface area contributed by atoms with Crippen LogP contribution in [-0.4, -0.2) is 13.7 Å². The normalized spacial score (nSPS) is 11.5. The van der Waals surface area contributed by atoms with Crippen LogP contribution in [0.5, 0.6) is 11.5 Å². The van der Waals surface area contributed by atoms with Crippen molar-refractivity contribution in [2.24, 2.45) is 0 Å². The van der Waals surface area contributed by atoms with Gasteiger partial charge in [-0.15, -0.1) is 0 Å². The number of nitrogens with zero attached hydrogens (tertiary/aromatic N) is 1. The van der Waals surface area contributed by atoms with Crippen molar-refractivity contribution < 1.29 is 9.47 Å². The summed E-state index contributed by atoms with van der Waals surface area (Å²) in [4.78, 5) is 0. The van der Waals surface area contributed by atoms with Crippen LogP contribution in [0.3, 0.4) is 0 Å². The van der Waals surface area contributed by atoms with Crippen LogP contribution in [0.15, 0.2) is 48.5 Å². The van der Waals surface area contributed by atoms with Crippen molar-refractivity contribution in [3.63, 3.8) is 0 Å². The summed E-state index contributed by atoms with van der Waals surface area (Å²) in [6.07, 6.45) is 1.63. The number of nitriles is 1. The van der Waals surface area contributed by atoms with Crippen molar-refractivity contribution in [2.75, 3.05) is 13.7 Å². The monoisotopic (exact) mass is 295 g/mol. The molecule has 0 aliphatic carbocycles. The summed E-state index contributed by atoms with van der Waals surface area (Å²) in [7, 11) is 1.64. The van der Waals surface area contributed by atoms with E-state index in [2.05, 4.69) is 6.07 Å². The van der Waals surface area contributed by atoms with Crippen LogP contribution in [0.25, 0.3) is 0 Å². The van der Waals surface area contributed by atoms with E-state index >= 15 is 0 Å². The Morgan fingerprint density at radius 3 is 2.59 bits per heavy atom. The zero-order chi connectivity index (χ0) is 15.8. The quantitative estimate of drug-likeness (QED) is 0.708. The van der Waals surface area contributed by atoms with Gasteiger partial charge in [0.05, 0.1) is 25.7 Å². The van der Waals surface area contributed by atoms with Gasteiger partial charge in [-0.1, -0.05) is 30.3 Å². The van der Waals surface area contributed by atoms with E-state index in [1.54, 1.807) is 7.11 Å². The molecule has 0 saturated heterocycles. The lowest BCUT2D eigenvalue weighted by molar-refractivity contribution is 0.302. The molecular formula is C19H21NO2. The SMILES string of the molecule is COc1cccc(OCCCC(C#N)c2ccccc2C)c1. The molecule has 3 heteroatoms. The highest BCUT2D eigenvalue weighted by Crippen LogP contribution is 2.24. The predicted octanol–water partition coefficient (Wildman–Crippen LogP) is 4.47. The van der Waals surface area contributed by atoms with Gasteiger partial charge in [0.1, 0.15) is 11.5 Å². The first-order valence-electron chi connectivity index (χ1n) is 7.46. The molecule has 0 N–H and O–H groups in total. The predicted molar refractivity (Wildman–Crippen MR) is 87.3 cm³/mol. The van der Waals surface area contributed by atoms with Crippen LogP contribution in [0.2, 0.25) is 0 Å². The molecule has 0 amide bonds. The Kier molecular flexibility index (Phi) is 5.85. The Morgan fingerprint density at radius 1 is 1.09 bits per heavy atom.